The van der Waals surface area contributed by atoms with E-state index in [1.807, 2.05) is 0 Å². The maximum atomic E-state index is 11.3. The predicted molar refractivity (Wildman–Crippen MR) is 50.2 cm³/mol. The van der Waals surface area contributed by atoms with Gasteiger partial charge in [0.15, 0.2) is 11.4 Å². The van der Waals surface area contributed by atoms with Crippen molar-refractivity contribution < 1.29 is 29.3 Å². The van der Waals surface area contributed by atoms with Crippen LogP contribution in [0.4, 0.5) is 0 Å². The molecule has 88 valence electrons. The zero-order valence-electron chi connectivity index (χ0n) is 8.86. The molecule has 6 nitrogen and oxygen atoms in total. The zero-order chi connectivity index (χ0) is 11.9. The third-order valence-corrected chi connectivity index (χ3v) is 2.26. The van der Waals surface area contributed by atoms with Gasteiger partial charge in [0, 0.05) is 13.5 Å². The van der Waals surface area contributed by atoms with Gasteiger partial charge in [-0.3, -0.25) is 9.59 Å². The maximum Gasteiger partial charge on any atom is 0.305 e. The molecule has 1 unspecified atom stereocenters. The van der Waals surface area contributed by atoms with Gasteiger partial charge in [0.25, 0.3) is 0 Å². The summed E-state index contributed by atoms with van der Waals surface area (Å²) in [6.07, 6.45) is -0.0806. The highest BCUT2D eigenvalue weighted by molar-refractivity contribution is 5.89. The van der Waals surface area contributed by atoms with E-state index in [2.05, 4.69) is 4.74 Å². The van der Waals surface area contributed by atoms with E-state index < -0.39 is 30.6 Å². The molecule has 15 heavy (non-hydrogen) atoms. The summed E-state index contributed by atoms with van der Waals surface area (Å²) in [6.45, 7) is -1.32. The van der Waals surface area contributed by atoms with Crippen LogP contribution in [0.5, 0.6) is 0 Å². The summed E-state index contributed by atoms with van der Waals surface area (Å²) in [5.41, 5.74) is -1.51. The molecular weight excluding hydrogens is 204 g/mol. The van der Waals surface area contributed by atoms with Gasteiger partial charge in [-0.25, -0.2) is 0 Å². The number of Topliss-reactive ketones (excluding diaryl/α,β-unsaturated/α-hetero) is 1. The van der Waals surface area contributed by atoms with Crippen molar-refractivity contribution in [3.05, 3.63) is 0 Å². The van der Waals surface area contributed by atoms with Gasteiger partial charge in [-0.2, -0.15) is 0 Å². The number of aliphatic hydroxyl groups excluding tert-OH is 2. The minimum absolute atomic E-state index is 0.0218. The molecule has 6 heteroatoms. The standard InChI is InChI=1S/C9H16O6/c1-14-8(13)3-4-9(6-11,15-2)7(12)5-10/h10-11H,3-6H2,1-2H3. The first kappa shape index (κ1) is 14.0. The summed E-state index contributed by atoms with van der Waals surface area (Å²) in [5, 5.41) is 17.8. The molecule has 2 N–H and O–H groups in total. The lowest BCUT2D eigenvalue weighted by Crippen LogP contribution is -2.46. The maximum absolute atomic E-state index is 11.3. The van der Waals surface area contributed by atoms with Gasteiger partial charge in [-0.15, -0.1) is 0 Å². The van der Waals surface area contributed by atoms with Crippen LogP contribution >= 0.6 is 0 Å². The Morgan fingerprint density at radius 2 is 1.87 bits per heavy atom. The molecule has 0 bridgehead atoms. The van der Waals surface area contributed by atoms with Crippen molar-refractivity contribution in [2.24, 2.45) is 0 Å². The molecule has 0 aliphatic rings. The summed E-state index contributed by atoms with van der Waals surface area (Å²) < 4.78 is 9.27. The molecule has 0 heterocycles. The molecule has 0 fully saturated rings. The normalized spacial score (nSPS) is 14.4. The monoisotopic (exact) mass is 220 g/mol. The molecule has 0 spiro atoms. The van der Waals surface area contributed by atoms with Crippen LogP contribution in [0.3, 0.4) is 0 Å². The van der Waals surface area contributed by atoms with Crippen LogP contribution in [-0.2, 0) is 19.1 Å². The van der Waals surface area contributed by atoms with E-state index in [9.17, 15) is 9.59 Å². The number of hydrogen-bond donors (Lipinski definition) is 2. The van der Waals surface area contributed by atoms with Crippen molar-refractivity contribution >= 4 is 11.8 Å². The van der Waals surface area contributed by atoms with E-state index in [0.29, 0.717) is 0 Å². The van der Waals surface area contributed by atoms with Gasteiger partial charge in [-0.1, -0.05) is 0 Å². The molecule has 0 rings (SSSR count). The highest BCUT2D eigenvalue weighted by atomic mass is 16.5. The lowest BCUT2D eigenvalue weighted by molar-refractivity contribution is -0.153. The van der Waals surface area contributed by atoms with Gasteiger partial charge in [-0.05, 0) is 6.42 Å². The minimum atomic E-state index is -1.51. The van der Waals surface area contributed by atoms with Crippen molar-refractivity contribution in [1.29, 1.82) is 0 Å². The quantitative estimate of drug-likeness (QED) is 0.528. The summed E-state index contributed by atoms with van der Waals surface area (Å²) in [6, 6.07) is 0. The van der Waals surface area contributed by atoms with Gasteiger partial charge >= 0.3 is 5.97 Å². The van der Waals surface area contributed by atoms with Crippen LogP contribution in [0, 0.1) is 0 Å². The Labute approximate surface area is 87.8 Å². The first-order valence-electron chi connectivity index (χ1n) is 4.43. The van der Waals surface area contributed by atoms with Crippen molar-refractivity contribution in [3.63, 3.8) is 0 Å². The SMILES string of the molecule is COC(=O)CCC(CO)(OC)C(=O)CO. The number of aliphatic hydroxyl groups is 2. The van der Waals surface area contributed by atoms with Gasteiger partial charge in [0.05, 0.1) is 13.7 Å². The van der Waals surface area contributed by atoms with E-state index in [4.69, 9.17) is 14.9 Å². The second kappa shape index (κ2) is 6.49. The van der Waals surface area contributed by atoms with Crippen molar-refractivity contribution in [2.45, 2.75) is 18.4 Å². The molecule has 0 aromatic heterocycles. The number of methoxy groups -OCH3 is 2. The fourth-order valence-electron chi connectivity index (χ4n) is 1.14. The zero-order valence-corrected chi connectivity index (χ0v) is 8.86. The van der Waals surface area contributed by atoms with Crippen LogP contribution < -0.4 is 0 Å². The van der Waals surface area contributed by atoms with Gasteiger partial charge in [0.2, 0.25) is 0 Å². The number of carbonyl (C=O) groups excluding carboxylic acids is 2. The third kappa shape index (κ3) is 3.58. The molecule has 0 saturated heterocycles. The van der Waals surface area contributed by atoms with Crippen LogP contribution in [0.1, 0.15) is 12.8 Å². The Morgan fingerprint density at radius 3 is 2.20 bits per heavy atom. The molecule has 1 atom stereocenters. The van der Waals surface area contributed by atoms with Crippen molar-refractivity contribution in [3.8, 4) is 0 Å². The Morgan fingerprint density at radius 1 is 1.27 bits per heavy atom. The number of hydrogen-bond acceptors (Lipinski definition) is 6. The second-order valence-electron chi connectivity index (χ2n) is 3.01. The first-order chi connectivity index (χ1) is 7.06. The predicted octanol–water partition coefficient (Wildman–Crippen LogP) is -1.12. The highest BCUT2D eigenvalue weighted by Crippen LogP contribution is 2.18. The average Bonchev–Trinajstić information content (AvgIpc) is 2.29. The van der Waals surface area contributed by atoms with E-state index in [-0.39, 0.29) is 12.8 Å². The number of carbonyl (C=O) groups is 2. The third-order valence-electron chi connectivity index (χ3n) is 2.26. The Balaban J connectivity index is 4.50. The van der Waals surface area contributed by atoms with Gasteiger partial charge < -0.3 is 19.7 Å². The first-order valence-corrected chi connectivity index (χ1v) is 4.43. The molecular formula is C9H16O6. The van der Waals surface area contributed by atoms with E-state index in [1.165, 1.54) is 14.2 Å². The van der Waals surface area contributed by atoms with E-state index in [0.717, 1.165) is 0 Å². The number of ether oxygens (including phenoxy) is 2. The molecule has 0 aromatic rings. The molecule has 0 aliphatic carbocycles. The molecule has 0 radical (unpaired) electrons. The van der Waals surface area contributed by atoms with Crippen LogP contribution in [0.2, 0.25) is 0 Å². The number of rotatable bonds is 7. The summed E-state index contributed by atoms with van der Waals surface area (Å²) in [4.78, 5) is 22.2. The fourth-order valence-corrected chi connectivity index (χ4v) is 1.14. The highest BCUT2D eigenvalue weighted by Gasteiger charge is 2.37. The summed E-state index contributed by atoms with van der Waals surface area (Å²) in [5.74, 6) is -1.16. The van der Waals surface area contributed by atoms with E-state index in [1.54, 1.807) is 0 Å². The Kier molecular flexibility index (Phi) is 6.07. The van der Waals surface area contributed by atoms with Crippen molar-refractivity contribution in [1.82, 2.24) is 0 Å². The number of esters is 1. The molecule has 0 amide bonds. The van der Waals surface area contributed by atoms with Gasteiger partial charge in [0.1, 0.15) is 6.61 Å². The topological polar surface area (TPSA) is 93.1 Å². The summed E-state index contributed by atoms with van der Waals surface area (Å²) in [7, 11) is 2.46. The Bertz CT molecular complexity index is 221. The molecule has 0 saturated carbocycles. The smallest absolute Gasteiger partial charge is 0.305 e. The van der Waals surface area contributed by atoms with Crippen LogP contribution in [0.15, 0.2) is 0 Å². The fraction of sp³-hybridized carbons (Fsp3) is 0.778. The second-order valence-corrected chi connectivity index (χ2v) is 3.01. The van der Waals surface area contributed by atoms with Crippen LogP contribution in [0.25, 0.3) is 0 Å². The lowest BCUT2D eigenvalue weighted by Gasteiger charge is -2.27. The largest absolute Gasteiger partial charge is 0.469 e. The minimum Gasteiger partial charge on any atom is -0.469 e. The molecule has 0 aliphatic heterocycles. The molecule has 0 aromatic carbocycles. The Hall–Kier alpha value is -0.980. The van der Waals surface area contributed by atoms with Crippen molar-refractivity contribution in [2.75, 3.05) is 27.4 Å². The average molecular weight is 220 g/mol. The van der Waals surface area contributed by atoms with E-state index >= 15 is 0 Å². The number of ketones is 1. The lowest BCUT2D eigenvalue weighted by atomic mass is 9.93. The van der Waals surface area contributed by atoms with Crippen LogP contribution in [-0.4, -0.2) is 55.0 Å². The summed E-state index contributed by atoms with van der Waals surface area (Å²) >= 11 is 0.